The SMILES string of the molecule is COc1cc(/C=C2\Oc3cc(OC(=O)c4cccc(Cl)c4)ccc3C2=O)cc(OC)c1OC. The van der Waals surface area contributed by atoms with E-state index < -0.39 is 5.97 Å². The zero-order valence-electron chi connectivity index (χ0n) is 18.0. The molecule has 0 spiro atoms. The first-order chi connectivity index (χ1) is 15.9. The second-order valence-electron chi connectivity index (χ2n) is 6.96. The number of carbonyl (C=O) groups excluding carboxylic acids is 2. The van der Waals surface area contributed by atoms with Gasteiger partial charge in [0, 0.05) is 11.1 Å². The van der Waals surface area contributed by atoms with Gasteiger partial charge >= 0.3 is 5.97 Å². The molecule has 0 saturated carbocycles. The maximum absolute atomic E-state index is 12.8. The van der Waals surface area contributed by atoms with E-state index in [2.05, 4.69) is 0 Å². The van der Waals surface area contributed by atoms with Crippen LogP contribution in [0, 0.1) is 0 Å². The fourth-order valence-electron chi connectivity index (χ4n) is 3.35. The number of hydrogen-bond donors (Lipinski definition) is 0. The minimum atomic E-state index is -0.574. The van der Waals surface area contributed by atoms with E-state index in [1.807, 2.05) is 0 Å². The first-order valence-electron chi connectivity index (χ1n) is 9.79. The Morgan fingerprint density at radius 3 is 2.30 bits per heavy atom. The highest BCUT2D eigenvalue weighted by molar-refractivity contribution is 6.30. The lowest BCUT2D eigenvalue weighted by atomic mass is 10.1. The van der Waals surface area contributed by atoms with Crippen LogP contribution in [0.4, 0.5) is 0 Å². The Hall–Kier alpha value is -3.97. The molecule has 0 saturated heterocycles. The summed E-state index contributed by atoms with van der Waals surface area (Å²) in [5.41, 5.74) is 1.28. The van der Waals surface area contributed by atoms with Crippen molar-refractivity contribution in [3.8, 4) is 28.7 Å². The van der Waals surface area contributed by atoms with Crippen LogP contribution < -0.4 is 23.7 Å². The van der Waals surface area contributed by atoms with Gasteiger partial charge in [0.2, 0.25) is 11.5 Å². The summed E-state index contributed by atoms with van der Waals surface area (Å²) < 4.78 is 27.2. The van der Waals surface area contributed by atoms with Crippen LogP contribution in [-0.2, 0) is 0 Å². The number of fused-ring (bicyclic) bond motifs is 1. The summed E-state index contributed by atoms with van der Waals surface area (Å²) in [6.45, 7) is 0. The number of esters is 1. The summed E-state index contributed by atoms with van der Waals surface area (Å²) in [4.78, 5) is 25.2. The summed E-state index contributed by atoms with van der Waals surface area (Å²) in [6.07, 6.45) is 1.57. The smallest absolute Gasteiger partial charge is 0.343 e. The third-order valence-corrected chi connectivity index (χ3v) is 5.13. The summed E-state index contributed by atoms with van der Waals surface area (Å²) in [5.74, 6) is 1.09. The quantitative estimate of drug-likeness (QED) is 0.280. The lowest BCUT2D eigenvalue weighted by molar-refractivity contribution is 0.0734. The largest absolute Gasteiger partial charge is 0.493 e. The highest BCUT2D eigenvalue weighted by atomic mass is 35.5. The Balaban J connectivity index is 1.59. The van der Waals surface area contributed by atoms with Crippen molar-refractivity contribution in [2.75, 3.05) is 21.3 Å². The molecule has 0 bridgehead atoms. The van der Waals surface area contributed by atoms with Gasteiger partial charge in [0.25, 0.3) is 0 Å². The van der Waals surface area contributed by atoms with Crippen LogP contribution in [0.25, 0.3) is 6.08 Å². The van der Waals surface area contributed by atoms with Crippen molar-refractivity contribution in [3.63, 3.8) is 0 Å². The standard InChI is InChI=1S/C25H19ClO7/c1-29-21-10-14(11-22(30-2)24(21)31-3)9-20-23(27)18-8-7-17(13-19(18)33-20)32-25(28)15-5-4-6-16(26)12-15/h4-13H,1-3H3/b20-9-. The van der Waals surface area contributed by atoms with E-state index >= 15 is 0 Å². The zero-order chi connectivity index (χ0) is 23.5. The Labute approximate surface area is 195 Å². The summed E-state index contributed by atoms with van der Waals surface area (Å²) in [5, 5.41) is 0.425. The average molecular weight is 467 g/mol. The van der Waals surface area contributed by atoms with Gasteiger partial charge in [-0.25, -0.2) is 4.79 Å². The molecule has 1 aliphatic heterocycles. The Morgan fingerprint density at radius 2 is 1.67 bits per heavy atom. The number of ketones is 1. The lowest BCUT2D eigenvalue weighted by Gasteiger charge is -2.13. The molecule has 0 amide bonds. The second kappa shape index (κ2) is 9.26. The molecule has 0 atom stereocenters. The fraction of sp³-hybridized carbons (Fsp3) is 0.120. The number of halogens is 1. The predicted octanol–water partition coefficient (Wildman–Crippen LogP) is 5.20. The van der Waals surface area contributed by atoms with Crippen molar-refractivity contribution >= 4 is 29.4 Å². The monoisotopic (exact) mass is 466 g/mol. The topological polar surface area (TPSA) is 80.3 Å². The highest BCUT2D eigenvalue weighted by Crippen LogP contribution is 2.40. The number of methoxy groups -OCH3 is 3. The minimum Gasteiger partial charge on any atom is -0.493 e. The number of Topliss-reactive ketones (excluding diaryl/α,β-unsaturated/α-hetero) is 1. The van der Waals surface area contributed by atoms with E-state index in [-0.39, 0.29) is 23.0 Å². The fourth-order valence-corrected chi connectivity index (χ4v) is 3.54. The predicted molar refractivity (Wildman–Crippen MR) is 122 cm³/mol. The third kappa shape index (κ3) is 4.49. The first kappa shape index (κ1) is 22.2. The van der Waals surface area contributed by atoms with Crippen molar-refractivity contribution in [2.24, 2.45) is 0 Å². The Kier molecular flexibility index (Phi) is 6.24. The van der Waals surface area contributed by atoms with Gasteiger partial charge in [-0.1, -0.05) is 17.7 Å². The van der Waals surface area contributed by atoms with E-state index in [0.717, 1.165) is 0 Å². The summed E-state index contributed by atoms with van der Waals surface area (Å²) >= 11 is 5.93. The van der Waals surface area contributed by atoms with Crippen molar-refractivity contribution in [3.05, 3.63) is 82.1 Å². The van der Waals surface area contributed by atoms with Gasteiger partial charge in [-0.3, -0.25) is 4.79 Å². The normalized spacial score (nSPS) is 13.3. The third-order valence-electron chi connectivity index (χ3n) is 4.90. The summed E-state index contributed by atoms with van der Waals surface area (Å²) in [6, 6.07) is 14.4. The number of benzene rings is 3. The number of ether oxygens (including phenoxy) is 5. The van der Waals surface area contributed by atoms with Crippen LogP contribution in [0.5, 0.6) is 28.7 Å². The molecule has 0 aliphatic carbocycles. The van der Waals surface area contributed by atoms with Gasteiger partial charge in [-0.05, 0) is 54.1 Å². The van der Waals surface area contributed by atoms with Crippen LogP contribution in [0.3, 0.4) is 0 Å². The summed E-state index contributed by atoms with van der Waals surface area (Å²) in [7, 11) is 4.52. The van der Waals surface area contributed by atoms with Crippen LogP contribution in [0.1, 0.15) is 26.3 Å². The molecule has 0 N–H and O–H groups in total. The van der Waals surface area contributed by atoms with E-state index in [1.54, 1.807) is 42.5 Å². The highest BCUT2D eigenvalue weighted by Gasteiger charge is 2.28. The molecule has 168 valence electrons. The maximum Gasteiger partial charge on any atom is 0.343 e. The van der Waals surface area contributed by atoms with Crippen LogP contribution in [0.15, 0.2) is 60.4 Å². The molecule has 0 unspecified atom stereocenters. The van der Waals surface area contributed by atoms with E-state index in [4.69, 9.17) is 35.3 Å². The molecule has 0 radical (unpaired) electrons. The second-order valence-corrected chi connectivity index (χ2v) is 7.39. The van der Waals surface area contributed by atoms with Gasteiger partial charge < -0.3 is 23.7 Å². The van der Waals surface area contributed by atoms with E-state index in [0.29, 0.717) is 39.0 Å². The van der Waals surface area contributed by atoms with Crippen molar-refractivity contribution < 1.29 is 33.3 Å². The van der Waals surface area contributed by atoms with E-state index in [1.165, 1.54) is 39.5 Å². The Bertz CT molecular complexity index is 1250. The molecule has 1 heterocycles. The number of allylic oxidation sites excluding steroid dienone is 1. The molecular weight excluding hydrogens is 448 g/mol. The molecule has 0 fully saturated rings. The van der Waals surface area contributed by atoms with Crippen molar-refractivity contribution in [1.82, 2.24) is 0 Å². The van der Waals surface area contributed by atoms with Crippen molar-refractivity contribution in [2.45, 2.75) is 0 Å². The van der Waals surface area contributed by atoms with Gasteiger partial charge in [0.15, 0.2) is 17.3 Å². The van der Waals surface area contributed by atoms with Crippen LogP contribution in [0.2, 0.25) is 5.02 Å². The van der Waals surface area contributed by atoms with Crippen LogP contribution >= 0.6 is 11.6 Å². The number of carbonyl (C=O) groups is 2. The zero-order valence-corrected chi connectivity index (χ0v) is 18.8. The Morgan fingerprint density at radius 1 is 0.939 bits per heavy atom. The molecule has 3 aromatic carbocycles. The maximum atomic E-state index is 12.8. The lowest BCUT2D eigenvalue weighted by Crippen LogP contribution is -2.08. The molecule has 8 heteroatoms. The van der Waals surface area contributed by atoms with Gasteiger partial charge in [-0.2, -0.15) is 0 Å². The number of hydrogen-bond acceptors (Lipinski definition) is 7. The van der Waals surface area contributed by atoms with Crippen molar-refractivity contribution in [1.29, 1.82) is 0 Å². The molecular formula is C25H19ClO7. The van der Waals surface area contributed by atoms with Gasteiger partial charge in [0.1, 0.15) is 11.5 Å². The molecule has 7 nitrogen and oxygen atoms in total. The van der Waals surface area contributed by atoms with Gasteiger partial charge in [-0.15, -0.1) is 0 Å². The number of rotatable bonds is 6. The van der Waals surface area contributed by atoms with Gasteiger partial charge in [0.05, 0.1) is 32.5 Å². The molecule has 0 aromatic heterocycles. The molecule has 1 aliphatic rings. The molecule has 33 heavy (non-hydrogen) atoms. The minimum absolute atomic E-state index is 0.109. The molecule has 4 rings (SSSR count). The molecule has 3 aromatic rings. The van der Waals surface area contributed by atoms with E-state index in [9.17, 15) is 9.59 Å². The average Bonchev–Trinajstić information content (AvgIpc) is 3.12. The van der Waals surface area contributed by atoms with Crippen LogP contribution in [-0.4, -0.2) is 33.1 Å². The first-order valence-corrected chi connectivity index (χ1v) is 10.2.